The fourth-order valence-electron chi connectivity index (χ4n) is 2.00. The van der Waals surface area contributed by atoms with Crippen LogP contribution in [0.1, 0.15) is 32.4 Å². The molecule has 0 saturated carbocycles. The predicted molar refractivity (Wildman–Crippen MR) is 71.9 cm³/mol. The van der Waals surface area contributed by atoms with Gasteiger partial charge in [-0.1, -0.05) is 29.8 Å². The Balaban J connectivity index is 2.51. The molecule has 3 heteroatoms. The van der Waals surface area contributed by atoms with Gasteiger partial charge in [0.05, 0.1) is 12.8 Å². The van der Waals surface area contributed by atoms with Crippen molar-refractivity contribution in [3.63, 3.8) is 0 Å². The molecule has 92 valence electrons. The molecule has 0 aliphatic rings. The van der Waals surface area contributed by atoms with E-state index in [1.165, 1.54) is 12.8 Å². The van der Waals surface area contributed by atoms with Gasteiger partial charge >= 0.3 is 0 Å². The summed E-state index contributed by atoms with van der Waals surface area (Å²) in [6, 6.07) is 3.98. The summed E-state index contributed by atoms with van der Waals surface area (Å²) in [5.74, 6) is 1.04. The lowest BCUT2D eigenvalue weighted by Crippen LogP contribution is -2.35. The lowest BCUT2D eigenvalue weighted by atomic mass is 9.84. The van der Waals surface area contributed by atoms with E-state index in [-0.39, 0.29) is 0 Å². The van der Waals surface area contributed by atoms with Crippen LogP contribution >= 0.6 is 15.9 Å². The van der Waals surface area contributed by atoms with E-state index < -0.39 is 0 Å². The van der Waals surface area contributed by atoms with E-state index >= 15 is 0 Å². The van der Waals surface area contributed by atoms with Crippen molar-refractivity contribution in [2.45, 2.75) is 33.2 Å². The van der Waals surface area contributed by atoms with Gasteiger partial charge in [0.2, 0.25) is 0 Å². The summed E-state index contributed by atoms with van der Waals surface area (Å²) in [7, 11) is 2.16. The van der Waals surface area contributed by atoms with Gasteiger partial charge in [-0.25, -0.2) is 0 Å². The quantitative estimate of drug-likeness (QED) is 0.707. The Hall–Kier alpha value is -0.280. The predicted octanol–water partition coefficient (Wildman–Crippen LogP) is 3.91. The molecule has 0 atom stereocenters. The number of hydrogen-bond acceptors (Lipinski definition) is 2. The van der Waals surface area contributed by atoms with Crippen molar-refractivity contribution in [3.8, 4) is 0 Å². The maximum Gasteiger partial charge on any atom is 0.117 e. The molecule has 0 bridgehead atoms. The number of halogens is 1. The number of rotatable bonds is 7. The Morgan fingerprint density at radius 2 is 2.06 bits per heavy atom. The van der Waals surface area contributed by atoms with Crippen molar-refractivity contribution in [1.29, 1.82) is 0 Å². The lowest BCUT2D eigenvalue weighted by Gasteiger charge is -2.33. The topological polar surface area (TPSA) is 16.4 Å². The average molecular weight is 288 g/mol. The maximum atomic E-state index is 5.37. The van der Waals surface area contributed by atoms with Crippen LogP contribution in [-0.2, 0) is 6.54 Å². The first-order chi connectivity index (χ1) is 7.65. The second-order valence-corrected chi connectivity index (χ2v) is 5.15. The molecule has 1 heterocycles. The molecule has 16 heavy (non-hydrogen) atoms. The minimum atomic E-state index is 0.390. The third kappa shape index (κ3) is 3.63. The molecular formula is C13H22BrNO. The second-order valence-electron chi connectivity index (χ2n) is 4.59. The summed E-state index contributed by atoms with van der Waals surface area (Å²) < 4.78 is 5.37. The van der Waals surface area contributed by atoms with Gasteiger partial charge in [0.15, 0.2) is 0 Å². The van der Waals surface area contributed by atoms with Gasteiger partial charge in [-0.3, -0.25) is 4.90 Å². The summed E-state index contributed by atoms with van der Waals surface area (Å²) in [6.07, 6.45) is 4.15. The Kier molecular flexibility index (Phi) is 5.56. The zero-order valence-electron chi connectivity index (χ0n) is 10.5. The molecule has 0 fully saturated rings. The third-order valence-electron chi connectivity index (χ3n) is 3.39. The van der Waals surface area contributed by atoms with E-state index in [1.807, 2.05) is 12.1 Å². The van der Waals surface area contributed by atoms with E-state index in [2.05, 4.69) is 41.7 Å². The molecular weight excluding hydrogens is 266 g/mol. The smallest absolute Gasteiger partial charge is 0.117 e. The van der Waals surface area contributed by atoms with Crippen molar-refractivity contribution < 1.29 is 4.42 Å². The third-order valence-corrected chi connectivity index (χ3v) is 4.58. The van der Waals surface area contributed by atoms with Gasteiger partial charge in [-0.15, -0.1) is 0 Å². The molecule has 0 aromatic carbocycles. The van der Waals surface area contributed by atoms with Crippen LogP contribution in [0.25, 0.3) is 0 Å². The van der Waals surface area contributed by atoms with Crippen LogP contribution in [0.2, 0.25) is 0 Å². The zero-order chi connectivity index (χ0) is 12.0. The fraction of sp³-hybridized carbons (Fsp3) is 0.692. The molecule has 0 saturated heterocycles. The van der Waals surface area contributed by atoms with Gasteiger partial charge in [0.25, 0.3) is 0 Å². The van der Waals surface area contributed by atoms with Crippen LogP contribution in [0.4, 0.5) is 0 Å². The SMILES string of the molecule is CCC(CC)(CBr)CN(C)Cc1ccco1. The number of alkyl halides is 1. The first kappa shape index (κ1) is 13.8. The Morgan fingerprint density at radius 3 is 2.50 bits per heavy atom. The van der Waals surface area contributed by atoms with Crippen molar-refractivity contribution >= 4 is 15.9 Å². The lowest BCUT2D eigenvalue weighted by molar-refractivity contribution is 0.171. The molecule has 0 spiro atoms. The highest BCUT2D eigenvalue weighted by molar-refractivity contribution is 9.09. The van der Waals surface area contributed by atoms with Gasteiger partial charge in [-0.2, -0.15) is 0 Å². The molecule has 0 unspecified atom stereocenters. The van der Waals surface area contributed by atoms with Crippen LogP contribution in [0.15, 0.2) is 22.8 Å². The number of nitrogens with zero attached hydrogens (tertiary/aromatic N) is 1. The monoisotopic (exact) mass is 287 g/mol. The zero-order valence-corrected chi connectivity index (χ0v) is 12.1. The summed E-state index contributed by atoms with van der Waals surface area (Å²) in [6.45, 7) is 6.53. The van der Waals surface area contributed by atoms with E-state index in [0.29, 0.717) is 5.41 Å². The van der Waals surface area contributed by atoms with E-state index in [9.17, 15) is 0 Å². The molecule has 0 aliphatic heterocycles. The van der Waals surface area contributed by atoms with Gasteiger partial charge in [0, 0.05) is 11.9 Å². The maximum absolute atomic E-state index is 5.37. The highest BCUT2D eigenvalue weighted by Gasteiger charge is 2.26. The first-order valence-electron chi connectivity index (χ1n) is 5.92. The molecule has 0 aliphatic carbocycles. The van der Waals surface area contributed by atoms with Crippen LogP contribution in [-0.4, -0.2) is 23.8 Å². The fourth-order valence-corrected chi connectivity index (χ4v) is 2.97. The normalized spacial score (nSPS) is 12.3. The van der Waals surface area contributed by atoms with Crippen molar-refractivity contribution in [3.05, 3.63) is 24.2 Å². The van der Waals surface area contributed by atoms with Crippen molar-refractivity contribution in [1.82, 2.24) is 4.90 Å². The Bertz CT molecular complexity index is 272. The largest absolute Gasteiger partial charge is 0.468 e. The molecule has 0 amide bonds. The average Bonchev–Trinajstić information content (AvgIpc) is 2.79. The standard InChI is InChI=1S/C13H22BrNO/c1-4-13(5-2,10-14)11-15(3)9-12-7-6-8-16-12/h6-8H,4-5,9-11H2,1-3H3. The molecule has 1 aromatic rings. The molecule has 0 N–H and O–H groups in total. The minimum Gasteiger partial charge on any atom is -0.468 e. The summed E-state index contributed by atoms with van der Waals surface area (Å²) >= 11 is 3.65. The summed E-state index contributed by atoms with van der Waals surface area (Å²) in [5.41, 5.74) is 0.390. The Morgan fingerprint density at radius 1 is 1.38 bits per heavy atom. The van der Waals surface area contributed by atoms with Crippen LogP contribution in [0.5, 0.6) is 0 Å². The summed E-state index contributed by atoms with van der Waals surface area (Å²) in [5, 5.41) is 1.06. The number of hydrogen-bond donors (Lipinski definition) is 0. The molecule has 1 rings (SSSR count). The van der Waals surface area contributed by atoms with Gasteiger partial charge in [0.1, 0.15) is 5.76 Å². The molecule has 1 aromatic heterocycles. The van der Waals surface area contributed by atoms with Crippen LogP contribution < -0.4 is 0 Å². The highest BCUT2D eigenvalue weighted by atomic mass is 79.9. The Labute approximate surface area is 107 Å². The highest BCUT2D eigenvalue weighted by Crippen LogP contribution is 2.29. The van der Waals surface area contributed by atoms with Crippen molar-refractivity contribution in [2.75, 3.05) is 18.9 Å². The van der Waals surface area contributed by atoms with E-state index in [4.69, 9.17) is 4.42 Å². The van der Waals surface area contributed by atoms with Crippen LogP contribution in [0, 0.1) is 5.41 Å². The number of furan rings is 1. The summed E-state index contributed by atoms with van der Waals surface area (Å²) in [4.78, 5) is 2.34. The van der Waals surface area contributed by atoms with Crippen LogP contribution in [0.3, 0.4) is 0 Å². The van der Waals surface area contributed by atoms with E-state index in [1.54, 1.807) is 6.26 Å². The minimum absolute atomic E-state index is 0.390. The first-order valence-corrected chi connectivity index (χ1v) is 7.05. The molecule has 0 radical (unpaired) electrons. The van der Waals surface area contributed by atoms with E-state index in [0.717, 1.165) is 24.2 Å². The molecule has 2 nitrogen and oxygen atoms in total. The van der Waals surface area contributed by atoms with Crippen molar-refractivity contribution in [2.24, 2.45) is 5.41 Å². The van der Waals surface area contributed by atoms with Gasteiger partial charge in [-0.05, 0) is 37.4 Å². The second kappa shape index (κ2) is 6.45. The van der Waals surface area contributed by atoms with Gasteiger partial charge < -0.3 is 4.42 Å².